The fourth-order valence-electron chi connectivity index (χ4n) is 4.87. The molecule has 0 unspecified atom stereocenters. The van der Waals surface area contributed by atoms with E-state index in [1.54, 1.807) is 28.0 Å². The monoisotopic (exact) mass is 666 g/mol. The number of aromatic nitrogens is 1. The molecule has 0 atom stereocenters. The van der Waals surface area contributed by atoms with Crippen LogP contribution < -0.4 is 21.7 Å². The average molecular weight is 667 g/mol. The molecule has 0 spiro atoms. The number of hydrogen-bond donors (Lipinski definition) is 4. The molecule has 17 nitrogen and oxygen atoms in total. The molecule has 1 aliphatic heterocycles. The first-order chi connectivity index (χ1) is 23.0. The standard InChI is InChI=1S/C31H38N8O9/c1-22-18-27(44)33-25-19-23(2-3-24(22)25)32-28(45)20-37(13-16-41)10-8-36(12-15-40)9-11-38(14-17-42)21-29(46)35-34-26(43)6-7-39-30(47)4-5-31(39)48/h2-5,15-19H,6-14,20-21H2,1H3,(H,32,45)(H,33,44)(H,34,43)(H,35,46). The SMILES string of the molecule is Cc1cc(=O)[nH]c2cc(NC(=O)CN(CC=O)CCN(CC=O)CCN(CC=O)CC(=O)NNC(=O)CCN3C(=O)C=CC3=O)ccc12. The van der Waals surface area contributed by atoms with Gasteiger partial charge in [-0.05, 0) is 24.6 Å². The first kappa shape index (κ1) is 37.1. The minimum atomic E-state index is -0.632. The van der Waals surface area contributed by atoms with Crippen molar-refractivity contribution in [3.63, 3.8) is 0 Å². The molecule has 0 saturated carbocycles. The largest absolute Gasteiger partial charge is 0.325 e. The number of rotatable bonds is 20. The number of benzene rings is 1. The summed E-state index contributed by atoms with van der Waals surface area (Å²) in [6.45, 7) is 2.11. The molecule has 1 aliphatic rings. The van der Waals surface area contributed by atoms with Gasteiger partial charge in [-0.1, -0.05) is 6.07 Å². The summed E-state index contributed by atoms with van der Waals surface area (Å²) >= 11 is 0. The number of fused-ring (bicyclic) bond motifs is 1. The van der Waals surface area contributed by atoms with E-state index in [-0.39, 0.29) is 77.4 Å². The number of nitrogens with one attached hydrogen (secondary N) is 4. The Morgan fingerprint density at radius 2 is 1.29 bits per heavy atom. The van der Waals surface area contributed by atoms with E-state index in [0.29, 0.717) is 30.1 Å². The zero-order valence-electron chi connectivity index (χ0n) is 26.4. The Hall–Kier alpha value is -5.39. The van der Waals surface area contributed by atoms with E-state index in [2.05, 4.69) is 21.2 Å². The van der Waals surface area contributed by atoms with E-state index < -0.39 is 29.5 Å². The van der Waals surface area contributed by atoms with Crippen LogP contribution in [0.2, 0.25) is 0 Å². The fourth-order valence-corrected chi connectivity index (χ4v) is 4.87. The van der Waals surface area contributed by atoms with E-state index in [4.69, 9.17) is 0 Å². The van der Waals surface area contributed by atoms with Gasteiger partial charge in [-0.15, -0.1) is 0 Å². The third-order valence-electron chi connectivity index (χ3n) is 7.34. The second-order valence-electron chi connectivity index (χ2n) is 10.9. The van der Waals surface area contributed by atoms with Crippen molar-refractivity contribution in [2.75, 3.05) is 70.8 Å². The molecule has 0 saturated heterocycles. The maximum atomic E-state index is 12.8. The van der Waals surface area contributed by atoms with E-state index in [1.807, 2.05) is 6.92 Å². The van der Waals surface area contributed by atoms with Crippen LogP contribution in [0, 0.1) is 6.92 Å². The summed E-state index contributed by atoms with van der Waals surface area (Å²) in [6.07, 6.45) is 3.92. The van der Waals surface area contributed by atoms with Crippen LogP contribution in [0.25, 0.3) is 10.9 Å². The number of carbonyl (C=O) groups is 8. The van der Waals surface area contributed by atoms with Crippen molar-refractivity contribution < 1.29 is 38.4 Å². The number of aryl methyl sites for hydroxylation is 1. The molecule has 3 rings (SSSR count). The second-order valence-corrected chi connectivity index (χ2v) is 10.9. The second kappa shape index (κ2) is 18.7. The molecular formula is C31H38N8O9. The van der Waals surface area contributed by atoms with Gasteiger partial charge < -0.3 is 24.7 Å². The fraction of sp³-hybridized carbons (Fsp3) is 0.387. The number of imide groups is 1. The maximum absolute atomic E-state index is 12.8. The maximum Gasteiger partial charge on any atom is 0.253 e. The van der Waals surface area contributed by atoms with Crippen LogP contribution >= 0.6 is 0 Å². The highest BCUT2D eigenvalue weighted by atomic mass is 16.2. The number of hydrazine groups is 1. The van der Waals surface area contributed by atoms with Crippen LogP contribution in [0.4, 0.5) is 5.69 Å². The lowest BCUT2D eigenvalue weighted by Crippen LogP contribution is -2.49. The zero-order chi connectivity index (χ0) is 35.1. The number of H-pyrrole nitrogens is 1. The Morgan fingerprint density at radius 1 is 0.750 bits per heavy atom. The number of aldehydes is 3. The molecule has 0 aliphatic carbocycles. The highest BCUT2D eigenvalue weighted by Crippen LogP contribution is 2.19. The molecule has 48 heavy (non-hydrogen) atoms. The summed E-state index contributed by atoms with van der Waals surface area (Å²) in [6, 6.07) is 6.63. The lowest BCUT2D eigenvalue weighted by Gasteiger charge is -2.27. The Labute approximate surface area is 275 Å². The van der Waals surface area contributed by atoms with Crippen molar-refractivity contribution in [2.45, 2.75) is 13.3 Å². The van der Waals surface area contributed by atoms with Crippen molar-refractivity contribution in [1.29, 1.82) is 0 Å². The van der Waals surface area contributed by atoms with Gasteiger partial charge in [0.05, 0.1) is 38.2 Å². The number of pyridine rings is 1. The number of anilines is 1. The van der Waals surface area contributed by atoms with Gasteiger partial charge in [0.2, 0.25) is 17.4 Å². The summed E-state index contributed by atoms with van der Waals surface area (Å²) in [7, 11) is 0. The molecule has 1 aromatic heterocycles. The van der Waals surface area contributed by atoms with Crippen LogP contribution in [-0.4, -0.2) is 138 Å². The topological polar surface area (TPSA) is 218 Å². The van der Waals surface area contributed by atoms with Gasteiger partial charge in [-0.25, -0.2) is 0 Å². The predicted molar refractivity (Wildman–Crippen MR) is 172 cm³/mol. The van der Waals surface area contributed by atoms with Gasteiger partial charge in [-0.3, -0.25) is 59.2 Å². The molecule has 2 heterocycles. The van der Waals surface area contributed by atoms with Gasteiger partial charge in [0, 0.05) is 68.4 Å². The molecule has 1 aromatic carbocycles. The minimum absolute atomic E-state index is 0.0184. The molecule has 5 amide bonds. The summed E-state index contributed by atoms with van der Waals surface area (Å²) in [4.78, 5) is 115. The summed E-state index contributed by atoms with van der Waals surface area (Å²) in [5.41, 5.74) is 5.99. The minimum Gasteiger partial charge on any atom is -0.325 e. The number of carbonyl (C=O) groups excluding carboxylic acids is 8. The van der Waals surface area contributed by atoms with E-state index in [0.717, 1.165) is 28.0 Å². The van der Waals surface area contributed by atoms with Crippen molar-refractivity contribution in [3.05, 3.63) is 52.3 Å². The van der Waals surface area contributed by atoms with E-state index >= 15 is 0 Å². The Balaban J connectivity index is 1.46. The molecular weight excluding hydrogens is 628 g/mol. The van der Waals surface area contributed by atoms with Crippen LogP contribution in [-0.2, 0) is 38.4 Å². The number of amides is 5. The van der Waals surface area contributed by atoms with Crippen LogP contribution in [0.15, 0.2) is 41.2 Å². The molecule has 0 fully saturated rings. The van der Waals surface area contributed by atoms with E-state index in [9.17, 15) is 43.2 Å². The summed E-state index contributed by atoms with van der Waals surface area (Å²) in [5.74, 6) is -2.71. The highest BCUT2D eigenvalue weighted by Gasteiger charge is 2.24. The van der Waals surface area contributed by atoms with Gasteiger partial charge in [0.1, 0.15) is 18.9 Å². The molecule has 2 aromatic rings. The third-order valence-corrected chi connectivity index (χ3v) is 7.34. The first-order valence-corrected chi connectivity index (χ1v) is 15.1. The van der Waals surface area contributed by atoms with Gasteiger partial charge in [-0.2, -0.15) is 0 Å². The quantitative estimate of drug-likeness (QED) is 0.0669. The first-order valence-electron chi connectivity index (χ1n) is 15.1. The van der Waals surface area contributed by atoms with Gasteiger partial charge >= 0.3 is 0 Å². The average Bonchev–Trinajstić information content (AvgIpc) is 3.36. The lowest BCUT2D eigenvalue weighted by atomic mass is 10.1. The Morgan fingerprint density at radius 3 is 1.90 bits per heavy atom. The molecule has 17 heteroatoms. The Bertz CT molecular complexity index is 1600. The molecule has 4 N–H and O–H groups in total. The van der Waals surface area contributed by atoms with Gasteiger partial charge in [0.15, 0.2) is 0 Å². The number of aromatic amines is 1. The van der Waals surface area contributed by atoms with Crippen molar-refractivity contribution in [1.82, 2.24) is 35.4 Å². The molecule has 0 bridgehead atoms. The lowest BCUT2D eigenvalue weighted by molar-refractivity contribution is -0.138. The predicted octanol–water partition coefficient (Wildman–Crippen LogP) is -2.26. The smallest absolute Gasteiger partial charge is 0.253 e. The molecule has 0 radical (unpaired) electrons. The van der Waals surface area contributed by atoms with Crippen molar-refractivity contribution in [3.8, 4) is 0 Å². The van der Waals surface area contributed by atoms with E-state index in [1.165, 1.54) is 11.0 Å². The van der Waals surface area contributed by atoms with Crippen molar-refractivity contribution >= 4 is 65.0 Å². The highest BCUT2D eigenvalue weighted by molar-refractivity contribution is 6.13. The zero-order valence-corrected chi connectivity index (χ0v) is 26.4. The number of hydrogen-bond acceptors (Lipinski definition) is 12. The normalized spacial score (nSPS) is 12.6. The van der Waals surface area contributed by atoms with Crippen molar-refractivity contribution in [2.24, 2.45) is 0 Å². The Kier molecular flexibility index (Phi) is 14.4. The summed E-state index contributed by atoms with van der Waals surface area (Å²) in [5, 5.41) is 3.60. The van der Waals surface area contributed by atoms with Crippen LogP contribution in [0.1, 0.15) is 12.0 Å². The van der Waals surface area contributed by atoms with Gasteiger partial charge in [0.25, 0.3) is 17.7 Å². The third kappa shape index (κ3) is 11.8. The molecule has 256 valence electrons. The van der Waals surface area contributed by atoms with Crippen LogP contribution in [0.3, 0.4) is 0 Å². The number of nitrogens with zero attached hydrogens (tertiary/aromatic N) is 4. The summed E-state index contributed by atoms with van der Waals surface area (Å²) < 4.78 is 0. The van der Waals surface area contributed by atoms with Crippen LogP contribution in [0.5, 0.6) is 0 Å².